The van der Waals surface area contributed by atoms with Gasteiger partial charge in [-0.15, -0.1) is 11.3 Å². The van der Waals surface area contributed by atoms with Crippen LogP contribution in [0.1, 0.15) is 23.3 Å². The van der Waals surface area contributed by atoms with Crippen molar-refractivity contribution in [2.45, 2.75) is 25.8 Å². The van der Waals surface area contributed by atoms with Crippen LogP contribution in [0, 0.1) is 0 Å². The molecule has 0 atom stereocenters. The average molecular weight is 377 g/mol. The number of hydrogen-bond donors (Lipinski definition) is 0. The van der Waals surface area contributed by atoms with Gasteiger partial charge in [0, 0.05) is 57.2 Å². The lowest BCUT2D eigenvalue weighted by atomic mass is 10.1. The molecule has 0 spiro atoms. The summed E-state index contributed by atoms with van der Waals surface area (Å²) in [7, 11) is 0. The molecule has 2 saturated heterocycles. The highest BCUT2D eigenvalue weighted by Gasteiger charge is 2.26. The Morgan fingerprint density at radius 1 is 0.846 bits per heavy atom. The van der Waals surface area contributed by atoms with Crippen LogP contribution in [0.4, 0.5) is 0 Å². The van der Waals surface area contributed by atoms with Crippen molar-refractivity contribution in [3.05, 3.63) is 21.9 Å². The predicted octanol–water partition coefficient (Wildman–Crippen LogP) is 0.873. The zero-order chi connectivity index (χ0) is 17.9. The molecule has 0 aliphatic carbocycles. The van der Waals surface area contributed by atoms with Gasteiger partial charge in [0.1, 0.15) is 0 Å². The highest BCUT2D eigenvalue weighted by molar-refractivity contribution is 7.10. The lowest BCUT2D eigenvalue weighted by Gasteiger charge is -2.36. The Balaban J connectivity index is 1.20. The van der Waals surface area contributed by atoms with E-state index in [4.69, 9.17) is 0 Å². The van der Waals surface area contributed by atoms with E-state index in [9.17, 15) is 9.59 Å². The zero-order valence-electron chi connectivity index (χ0n) is 15.4. The predicted molar refractivity (Wildman–Crippen MR) is 102 cm³/mol. The fourth-order valence-electron chi connectivity index (χ4n) is 4.12. The minimum atomic E-state index is 0.239. The van der Waals surface area contributed by atoms with Gasteiger partial charge in [-0.1, -0.05) is 0 Å². The van der Waals surface area contributed by atoms with Gasteiger partial charge < -0.3 is 9.80 Å². The summed E-state index contributed by atoms with van der Waals surface area (Å²) in [6, 6.07) is 2.15. The monoisotopic (exact) mass is 376 g/mol. The van der Waals surface area contributed by atoms with Crippen molar-refractivity contribution in [3.63, 3.8) is 0 Å². The van der Waals surface area contributed by atoms with Crippen molar-refractivity contribution in [1.29, 1.82) is 0 Å². The second-order valence-electron chi connectivity index (χ2n) is 7.57. The maximum Gasteiger partial charge on any atom is 0.237 e. The van der Waals surface area contributed by atoms with E-state index in [1.165, 1.54) is 10.4 Å². The molecule has 0 N–H and O–H groups in total. The quantitative estimate of drug-likeness (QED) is 0.783. The van der Waals surface area contributed by atoms with Gasteiger partial charge in [-0.2, -0.15) is 0 Å². The fourth-order valence-corrected chi connectivity index (χ4v) is 5.01. The maximum atomic E-state index is 12.6. The van der Waals surface area contributed by atoms with E-state index < -0.39 is 0 Å². The number of rotatable bonds is 4. The van der Waals surface area contributed by atoms with Crippen LogP contribution >= 0.6 is 11.3 Å². The first-order valence-electron chi connectivity index (χ1n) is 9.74. The van der Waals surface area contributed by atoms with Crippen LogP contribution in [0.15, 0.2) is 11.4 Å². The van der Waals surface area contributed by atoms with Crippen LogP contribution in [0.3, 0.4) is 0 Å². The summed E-state index contributed by atoms with van der Waals surface area (Å²) in [4.78, 5) is 34.8. The summed E-state index contributed by atoms with van der Waals surface area (Å²) < 4.78 is 0. The van der Waals surface area contributed by atoms with Crippen LogP contribution in [0.5, 0.6) is 0 Å². The molecule has 3 aliphatic heterocycles. The first kappa shape index (κ1) is 17.9. The Bertz CT molecular complexity index is 648. The minimum Gasteiger partial charge on any atom is -0.342 e. The van der Waals surface area contributed by atoms with Gasteiger partial charge in [-0.3, -0.25) is 19.4 Å². The van der Waals surface area contributed by atoms with E-state index in [0.717, 1.165) is 71.6 Å². The van der Waals surface area contributed by atoms with Gasteiger partial charge in [-0.25, -0.2) is 0 Å². The molecule has 0 bridgehead atoms. The maximum absolute atomic E-state index is 12.6. The van der Waals surface area contributed by atoms with E-state index in [-0.39, 0.29) is 11.8 Å². The lowest BCUT2D eigenvalue weighted by Crippen LogP contribution is -2.52. The molecule has 4 rings (SSSR count). The van der Waals surface area contributed by atoms with E-state index in [1.807, 2.05) is 9.80 Å². The number of amides is 2. The van der Waals surface area contributed by atoms with Crippen molar-refractivity contribution in [3.8, 4) is 0 Å². The molecule has 0 aromatic carbocycles. The molecular weight excluding hydrogens is 348 g/mol. The van der Waals surface area contributed by atoms with Gasteiger partial charge in [0.25, 0.3) is 0 Å². The van der Waals surface area contributed by atoms with Gasteiger partial charge in [0.2, 0.25) is 11.8 Å². The first-order valence-corrected chi connectivity index (χ1v) is 10.6. The summed E-state index contributed by atoms with van der Waals surface area (Å²) >= 11 is 1.80. The standard InChI is InChI=1S/C19H28N4O2S/c24-18(22-5-1-2-6-22)14-20-8-10-21(11-9-20)15-19(25)23-7-3-17-16(13-23)4-12-26-17/h4,12H,1-3,5-11,13-15H2. The topological polar surface area (TPSA) is 47.1 Å². The number of piperazine rings is 1. The Kier molecular flexibility index (Phi) is 5.57. The van der Waals surface area contributed by atoms with Gasteiger partial charge in [0.05, 0.1) is 13.1 Å². The third kappa shape index (κ3) is 4.10. The third-order valence-electron chi connectivity index (χ3n) is 5.80. The smallest absolute Gasteiger partial charge is 0.237 e. The van der Waals surface area contributed by atoms with Crippen LogP contribution in [-0.4, -0.2) is 90.3 Å². The van der Waals surface area contributed by atoms with E-state index in [1.54, 1.807) is 11.3 Å². The Morgan fingerprint density at radius 3 is 2.12 bits per heavy atom. The SMILES string of the molecule is O=C(CN1CCN(CC(=O)N2CCc3sccc3C2)CC1)N1CCCC1. The Labute approximate surface area is 159 Å². The molecule has 1 aromatic heterocycles. The van der Waals surface area contributed by atoms with E-state index in [2.05, 4.69) is 21.2 Å². The normalized spacial score (nSPS) is 21.8. The van der Waals surface area contributed by atoms with Crippen LogP contribution in [0.2, 0.25) is 0 Å². The molecule has 6 nitrogen and oxygen atoms in total. The van der Waals surface area contributed by atoms with E-state index in [0.29, 0.717) is 13.1 Å². The largest absolute Gasteiger partial charge is 0.342 e. The van der Waals surface area contributed by atoms with Crippen molar-refractivity contribution in [2.24, 2.45) is 0 Å². The second-order valence-corrected chi connectivity index (χ2v) is 8.58. The van der Waals surface area contributed by atoms with Crippen molar-refractivity contribution in [2.75, 3.05) is 58.9 Å². The van der Waals surface area contributed by atoms with E-state index >= 15 is 0 Å². The summed E-state index contributed by atoms with van der Waals surface area (Å²) in [6.45, 7) is 8.00. The summed E-state index contributed by atoms with van der Waals surface area (Å²) in [5.41, 5.74) is 1.32. The molecule has 4 heterocycles. The van der Waals surface area contributed by atoms with Gasteiger partial charge >= 0.3 is 0 Å². The molecule has 2 amide bonds. The molecular formula is C19H28N4O2S. The highest BCUT2D eigenvalue weighted by atomic mass is 32.1. The van der Waals surface area contributed by atoms with Crippen molar-refractivity contribution >= 4 is 23.2 Å². The third-order valence-corrected chi connectivity index (χ3v) is 6.82. The molecule has 0 unspecified atom stereocenters. The molecule has 7 heteroatoms. The number of carbonyl (C=O) groups is 2. The van der Waals surface area contributed by atoms with Crippen LogP contribution in [-0.2, 0) is 22.6 Å². The Hall–Kier alpha value is -1.44. The van der Waals surface area contributed by atoms with Gasteiger partial charge in [0.15, 0.2) is 0 Å². The summed E-state index contributed by atoms with van der Waals surface area (Å²) in [6.07, 6.45) is 3.28. The highest BCUT2D eigenvalue weighted by Crippen LogP contribution is 2.24. The Morgan fingerprint density at radius 2 is 1.46 bits per heavy atom. The van der Waals surface area contributed by atoms with Crippen molar-refractivity contribution in [1.82, 2.24) is 19.6 Å². The number of likely N-dealkylation sites (tertiary alicyclic amines) is 1. The van der Waals surface area contributed by atoms with Crippen LogP contribution in [0.25, 0.3) is 0 Å². The first-order chi connectivity index (χ1) is 12.7. The van der Waals surface area contributed by atoms with Crippen molar-refractivity contribution < 1.29 is 9.59 Å². The lowest BCUT2D eigenvalue weighted by molar-refractivity contribution is -0.135. The molecule has 3 aliphatic rings. The zero-order valence-corrected chi connectivity index (χ0v) is 16.2. The van der Waals surface area contributed by atoms with Gasteiger partial charge in [-0.05, 0) is 36.3 Å². The number of thiophene rings is 1. The molecule has 142 valence electrons. The average Bonchev–Trinajstić information content (AvgIpc) is 3.34. The molecule has 1 aromatic rings. The van der Waals surface area contributed by atoms with Crippen LogP contribution < -0.4 is 0 Å². The molecule has 2 fully saturated rings. The molecule has 0 saturated carbocycles. The number of fused-ring (bicyclic) bond motifs is 1. The minimum absolute atomic E-state index is 0.239. The summed E-state index contributed by atoms with van der Waals surface area (Å²) in [5, 5.41) is 2.13. The molecule has 26 heavy (non-hydrogen) atoms. The number of hydrogen-bond acceptors (Lipinski definition) is 5. The second kappa shape index (κ2) is 8.06. The molecule has 0 radical (unpaired) electrons. The summed E-state index contributed by atoms with van der Waals surface area (Å²) in [5.74, 6) is 0.510. The number of carbonyl (C=O) groups excluding carboxylic acids is 2. The number of nitrogens with zero attached hydrogens (tertiary/aromatic N) is 4. The fraction of sp³-hybridized carbons (Fsp3) is 0.684.